The Hall–Kier alpha value is -3.33. The summed E-state index contributed by atoms with van der Waals surface area (Å²) >= 11 is 0. The van der Waals surface area contributed by atoms with Crippen molar-refractivity contribution in [2.24, 2.45) is 0 Å². The van der Waals surface area contributed by atoms with Crippen molar-refractivity contribution in [1.82, 2.24) is 4.90 Å². The van der Waals surface area contributed by atoms with Crippen LogP contribution in [-0.4, -0.2) is 55.4 Å². The summed E-state index contributed by atoms with van der Waals surface area (Å²) < 4.78 is 27.3. The number of hydrogen-bond donors (Lipinski definition) is 0. The van der Waals surface area contributed by atoms with Gasteiger partial charge < -0.3 is 4.90 Å². The molecule has 0 aromatic rings. The fourth-order valence-corrected chi connectivity index (χ4v) is 1.19. The van der Waals surface area contributed by atoms with Gasteiger partial charge in [0.15, 0.2) is 0 Å². The Labute approximate surface area is 123 Å². The van der Waals surface area contributed by atoms with Crippen LogP contribution in [0.2, 0.25) is 0 Å². The number of nitrogens with zero attached hydrogens (tertiary/aromatic N) is 5. The van der Waals surface area contributed by atoms with Gasteiger partial charge in [-0.15, -0.1) is 0 Å². The summed E-state index contributed by atoms with van der Waals surface area (Å²) in [4.78, 5) is 44.1. The van der Waals surface area contributed by atoms with Gasteiger partial charge in [0.2, 0.25) is 19.0 Å². The van der Waals surface area contributed by atoms with Gasteiger partial charge in [-0.2, -0.15) is 0 Å². The van der Waals surface area contributed by atoms with Gasteiger partial charge in [-0.05, 0) is 6.08 Å². The Balaban J connectivity index is 5.82. The molecule has 14 nitrogen and oxygen atoms in total. The van der Waals surface area contributed by atoms with E-state index in [2.05, 4.69) is 6.58 Å². The smallest absolute Gasteiger partial charge is 0.304 e. The first kappa shape index (κ1) is 19.7. The van der Waals surface area contributed by atoms with Crippen molar-refractivity contribution in [3.63, 3.8) is 0 Å². The zero-order valence-electron chi connectivity index (χ0n) is 10.9. The van der Waals surface area contributed by atoms with E-state index in [-0.39, 0.29) is 6.08 Å². The maximum atomic E-state index is 13.7. The molecule has 128 valence electrons. The maximum Gasteiger partial charge on any atom is 0.631 e. The summed E-state index contributed by atoms with van der Waals surface area (Å²) in [6.07, 6.45) is 0.251. The van der Waals surface area contributed by atoms with Gasteiger partial charge in [-0.3, -0.25) is 45.3 Å². The number of amides is 1. The lowest BCUT2D eigenvalue weighted by molar-refractivity contribution is -0.837. The SMILES string of the molecule is C=CC(=O)N(CC(F)([N+](=O)[O-])[N+](=O)[O-])CC(F)([N+](=O)[O-])[N+](=O)[O-]. The highest BCUT2D eigenvalue weighted by atomic mass is 19.2. The van der Waals surface area contributed by atoms with E-state index in [1.165, 1.54) is 0 Å². The molecule has 0 spiro atoms. The van der Waals surface area contributed by atoms with Gasteiger partial charge >= 0.3 is 11.8 Å². The lowest BCUT2D eigenvalue weighted by Gasteiger charge is -2.21. The summed E-state index contributed by atoms with van der Waals surface area (Å²) in [6.45, 7) is -1.43. The van der Waals surface area contributed by atoms with Crippen LogP contribution in [0.3, 0.4) is 0 Å². The van der Waals surface area contributed by atoms with Crippen LogP contribution in [0.15, 0.2) is 12.7 Å². The normalized spacial score (nSPS) is 11.4. The van der Waals surface area contributed by atoms with E-state index < -0.39 is 55.4 Å². The molecule has 0 aromatic carbocycles. The predicted octanol–water partition coefficient (Wildman–Crippen LogP) is -0.646. The van der Waals surface area contributed by atoms with Crippen molar-refractivity contribution < 1.29 is 33.3 Å². The summed E-state index contributed by atoms with van der Waals surface area (Å²) in [5.41, 5.74) is 0. The molecular formula is C7H7F2N5O9. The molecule has 0 aromatic heterocycles. The Morgan fingerprint density at radius 3 is 1.35 bits per heavy atom. The molecule has 23 heavy (non-hydrogen) atoms. The lowest BCUT2D eigenvalue weighted by Crippen LogP contribution is -2.58. The third kappa shape index (κ3) is 3.86. The second-order valence-corrected chi connectivity index (χ2v) is 3.86. The topological polar surface area (TPSA) is 193 Å². The minimum Gasteiger partial charge on any atom is -0.304 e. The van der Waals surface area contributed by atoms with Crippen LogP contribution in [0.5, 0.6) is 0 Å². The first-order valence-electron chi connectivity index (χ1n) is 5.20. The van der Waals surface area contributed by atoms with Gasteiger partial charge in [-0.1, -0.05) is 15.4 Å². The number of hydrogen-bond acceptors (Lipinski definition) is 9. The Morgan fingerprint density at radius 1 is 0.913 bits per heavy atom. The molecular weight excluding hydrogens is 336 g/mol. The molecule has 0 bridgehead atoms. The van der Waals surface area contributed by atoms with Crippen LogP contribution in [0.4, 0.5) is 8.78 Å². The van der Waals surface area contributed by atoms with E-state index in [9.17, 15) is 54.0 Å². The van der Waals surface area contributed by atoms with Crippen LogP contribution >= 0.6 is 0 Å². The highest BCUT2D eigenvalue weighted by Gasteiger charge is 2.65. The fourth-order valence-electron chi connectivity index (χ4n) is 1.19. The van der Waals surface area contributed by atoms with E-state index in [4.69, 9.17) is 0 Å². The lowest BCUT2D eigenvalue weighted by atomic mass is 10.3. The molecule has 0 heterocycles. The van der Waals surface area contributed by atoms with Gasteiger partial charge in [0.05, 0.1) is 0 Å². The summed E-state index contributed by atoms with van der Waals surface area (Å²) in [5.74, 6) is -10.8. The number of nitro groups is 4. The van der Waals surface area contributed by atoms with Gasteiger partial charge in [0, 0.05) is 0 Å². The molecule has 0 rings (SSSR count). The van der Waals surface area contributed by atoms with E-state index in [1.807, 2.05) is 0 Å². The highest BCUT2D eigenvalue weighted by Crippen LogP contribution is 2.20. The van der Waals surface area contributed by atoms with Crippen LogP contribution in [0, 0.1) is 40.5 Å². The highest BCUT2D eigenvalue weighted by molar-refractivity contribution is 5.87. The van der Waals surface area contributed by atoms with Gasteiger partial charge in [0.25, 0.3) is 0 Å². The minimum absolute atomic E-state index is 0.251. The molecule has 0 radical (unpaired) electrons. The van der Waals surface area contributed by atoms with Crippen molar-refractivity contribution in [3.8, 4) is 0 Å². The number of carbonyl (C=O) groups excluding carboxylic acids is 1. The number of carbonyl (C=O) groups is 1. The first-order valence-corrected chi connectivity index (χ1v) is 5.20. The molecule has 0 saturated carbocycles. The van der Waals surface area contributed by atoms with Crippen molar-refractivity contribution >= 4 is 5.91 Å². The van der Waals surface area contributed by atoms with Crippen LogP contribution < -0.4 is 0 Å². The van der Waals surface area contributed by atoms with Crippen LogP contribution in [-0.2, 0) is 4.79 Å². The van der Waals surface area contributed by atoms with Crippen LogP contribution in [0.25, 0.3) is 0 Å². The Morgan fingerprint density at radius 2 is 1.17 bits per heavy atom. The standard InChI is InChI=1S/C7H7F2N5O9/c1-2-5(15)10(3-6(8,11(16)17)12(18)19)4-7(9,13(20)21)14(22)23/h2H,1,3-4H2. The maximum absolute atomic E-state index is 13.7. The first-order chi connectivity index (χ1) is 10.3. The van der Waals surface area contributed by atoms with Gasteiger partial charge in [-0.25, -0.2) is 0 Å². The summed E-state index contributed by atoms with van der Waals surface area (Å²) in [6, 6.07) is 0. The average molecular weight is 343 g/mol. The molecule has 16 heteroatoms. The second kappa shape index (κ2) is 6.62. The monoisotopic (exact) mass is 343 g/mol. The van der Waals surface area contributed by atoms with Crippen LogP contribution in [0.1, 0.15) is 0 Å². The largest absolute Gasteiger partial charge is 0.631 e. The molecule has 0 aliphatic heterocycles. The summed E-state index contributed by atoms with van der Waals surface area (Å²) in [5, 5.41) is 41.6. The van der Waals surface area contributed by atoms with E-state index >= 15 is 0 Å². The quantitative estimate of drug-likeness (QED) is 0.172. The zero-order chi connectivity index (χ0) is 18.6. The van der Waals surface area contributed by atoms with Gasteiger partial charge in [0.1, 0.15) is 19.7 Å². The van der Waals surface area contributed by atoms with Crippen molar-refractivity contribution in [3.05, 3.63) is 53.1 Å². The number of rotatable bonds is 9. The number of alkyl halides is 2. The zero-order valence-corrected chi connectivity index (χ0v) is 10.9. The van der Waals surface area contributed by atoms with Crippen molar-refractivity contribution in [2.45, 2.75) is 11.8 Å². The molecule has 0 N–H and O–H groups in total. The van der Waals surface area contributed by atoms with Crippen molar-refractivity contribution in [1.29, 1.82) is 0 Å². The fraction of sp³-hybridized carbons (Fsp3) is 0.571. The molecule has 1 amide bonds. The molecule has 0 saturated heterocycles. The Kier molecular flexibility index (Phi) is 5.66. The number of halogens is 2. The molecule has 0 aliphatic rings. The predicted molar refractivity (Wildman–Crippen MR) is 62.4 cm³/mol. The summed E-state index contributed by atoms with van der Waals surface area (Å²) in [7, 11) is 0. The van der Waals surface area contributed by atoms with E-state index in [0.29, 0.717) is 0 Å². The molecule has 0 unspecified atom stereocenters. The second-order valence-electron chi connectivity index (χ2n) is 3.86. The molecule has 0 aliphatic carbocycles. The average Bonchev–Trinajstić information content (AvgIpc) is 2.44. The Bertz CT molecular complexity index is 513. The molecule has 0 fully saturated rings. The van der Waals surface area contributed by atoms with Crippen molar-refractivity contribution in [2.75, 3.05) is 13.1 Å². The van der Waals surface area contributed by atoms with E-state index in [0.717, 1.165) is 0 Å². The third-order valence-corrected chi connectivity index (χ3v) is 2.39. The third-order valence-electron chi connectivity index (χ3n) is 2.39. The van der Waals surface area contributed by atoms with E-state index in [1.54, 1.807) is 0 Å². The molecule has 0 atom stereocenters. The minimum atomic E-state index is -4.56.